The van der Waals surface area contributed by atoms with Crippen LogP contribution in [0.1, 0.15) is 37.7 Å². The summed E-state index contributed by atoms with van der Waals surface area (Å²) < 4.78 is 11.1. The highest BCUT2D eigenvalue weighted by Crippen LogP contribution is 2.44. The van der Waals surface area contributed by atoms with Crippen LogP contribution in [0.3, 0.4) is 0 Å². The van der Waals surface area contributed by atoms with Crippen molar-refractivity contribution in [2.24, 2.45) is 5.73 Å². The van der Waals surface area contributed by atoms with Gasteiger partial charge in [0.1, 0.15) is 5.75 Å². The molecular formula is C18H28N2O2. The SMILES string of the molecule is COc1ccc(N2CCOCC2)cc1C1(CN)CCCCC1. The summed E-state index contributed by atoms with van der Waals surface area (Å²) in [4.78, 5) is 2.40. The van der Waals surface area contributed by atoms with Gasteiger partial charge in [-0.3, -0.25) is 0 Å². The highest BCUT2D eigenvalue weighted by Gasteiger charge is 2.35. The van der Waals surface area contributed by atoms with Gasteiger partial charge < -0.3 is 20.1 Å². The summed E-state index contributed by atoms with van der Waals surface area (Å²) in [5.74, 6) is 0.990. The largest absolute Gasteiger partial charge is 0.496 e. The predicted molar refractivity (Wildman–Crippen MR) is 89.8 cm³/mol. The van der Waals surface area contributed by atoms with Gasteiger partial charge in [-0.15, -0.1) is 0 Å². The molecule has 0 bridgehead atoms. The molecule has 1 saturated carbocycles. The van der Waals surface area contributed by atoms with E-state index in [1.165, 1.54) is 43.4 Å². The van der Waals surface area contributed by atoms with Crippen molar-refractivity contribution in [2.45, 2.75) is 37.5 Å². The number of nitrogens with two attached hydrogens (primary N) is 1. The number of rotatable bonds is 4. The van der Waals surface area contributed by atoms with Gasteiger partial charge in [0.25, 0.3) is 0 Å². The Hall–Kier alpha value is -1.26. The number of methoxy groups -OCH3 is 1. The number of morpholine rings is 1. The Kier molecular flexibility index (Phi) is 4.89. The molecule has 3 rings (SSSR count). The van der Waals surface area contributed by atoms with Gasteiger partial charge >= 0.3 is 0 Å². The smallest absolute Gasteiger partial charge is 0.122 e. The topological polar surface area (TPSA) is 47.7 Å². The molecule has 0 aromatic heterocycles. The maximum atomic E-state index is 6.23. The van der Waals surface area contributed by atoms with E-state index < -0.39 is 0 Å². The van der Waals surface area contributed by atoms with Crippen molar-refractivity contribution >= 4 is 5.69 Å². The fraction of sp³-hybridized carbons (Fsp3) is 0.667. The van der Waals surface area contributed by atoms with Crippen LogP contribution in [0.2, 0.25) is 0 Å². The lowest BCUT2D eigenvalue weighted by Gasteiger charge is -2.38. The normalized spacial score (nSPS) is 21.6. The molecule has 2 aliphatic rings. The lowest BCUT2D eigenvalue weighted by atomic mass is 9.69. The molecule has 4 heteroatoms. The molecular weight excluding hydrogens is 276 g/mol. The number of benzene rings is 1. The molecule has 1 aliphatic carbocycles. The number of nitrogens with zero attached hydrogens (tertiary/aromatic N) is 1. The van der Waals surface area contributed by atoms with Crippen LogP contribution >= 0.6 is 0 Å². The van der Waals surface area contributed by atoms with E-state index in [4.69, 9.17) is 15.2 Å². The highest BCUT2D eigenvalue weighted by atomic mass is 16.5. The molecule has 4 nitrogen and oxygen atoms in total. The number of hydrogen-bond acceptors (Lipinski definition) is 4. The lowest BCUT2D eigenvalue weighted by molar-refractivity contribution is 0.122. The third-order valence-electron chi connectivity index (χ3n) is 5.33. The fourth-order valence-corrected chi connectivity index (χ4v) is 3.94. The molecule has 0 spiro atoms. The third kappa shape index (κ3) is 2.95. The Morgan fingerprint density at radius 2 is 1.91 bits per heavy atom. The highest BCUT2D eigenvalue weighted by molar-refractivity contribution is 5.56. The van der Waals surface area contributed by atoms with Gasteiger partial charge in [0.15, 0.2) is 0 Å². The molecule has 1 aliphatic heterocycles. The summed E-state index contributed by atoms with van der Waals surface area (Å²) in [7, 11) is 1.76. The zero-order valence-electron chi connectivity index (χ0n) is 13.6. The number of ether oxygens (including phenoxy) is 2. The van der Waals surface area contributed by atoms with Crippen molar-refractivity contribution in [1.82, 2.24) is 0 Å². The standard InChI is InChI=1S/C18H28N2O2/c1-21-17-6-5-15(20-9-11-22-12-10-20)13-16(17)18(14-19)7-3-2-4-8-18/h5-6,13H,2-4,7-12,14,19H2,1H3. The van der Waals surface area contributed by atoms with Gasteiger partial charge in [-0.1, -0.05) is 19.3 Å². The van der Waals surface area contributed by atoms with Crippen LogP contribution in [-0.4, -0.2) is 40.0 Å². The average Bonchev–Trinajstić information content (AvgIpc) is 2.62. The van der Waals surface area contributed by atoms with E-state index in [2.05, 4.69) is 23.1 Å². The zero-order valence-corrected chi connectivity index (χ0v) is 13.6. The molecule has 0 radical (unpaired) electrons. The molecule has 22 heavy (non-hydrogen) atoms. The minimum atomic E-state index is 0.0892. The van der Waals surface area contributed by atoms with Gasteiger partial charge in [0, 0.05) is 36.3 Å². The van der Waals surface area contributed by atoms with Crippen LogP contribution in [0, 0.1) is 0 Å². The van der Waals surface area contributed by atoms with E-state index in [0.29, 0.717) is 6.54 Å². The Morgan fingerprint density at radius 1 is 1.18 bits per heavy atom. The summed E-state index contributed by atoms with van der Waals surface area (Å²) in [5, 5.41) is 0. The Labute approximate surface area is 133 Å². The van der Waals surface area contributed by atoms with E-state index >= 15 is 0 Å². The second kappa shape index (κ2) is 6.88. The van der Waals surface area contributed by atoms with E-state index in [0.717, 1.165) is 32.1 Å². The van der Waals surface area contributed by atoms with Crippen LogP contribution in [0.4, 0.5) is 5.69 Å². The second-order valence-electron chi connectivity index (χ2n) is 6.53. The van der Waals surface area contributed by atoms with Gasteiger partial charge in [-0.05, 0) is 31.0 Å². The van der Waals surface area contributed by atoms with Crippen molar-refractivity contribution in [2.75, 3.05) is 44.9 Å². The maximum Gasteiger partial charge on any atom is 0.122 e. The first kappa shape index (κ1) is 15.6. The third-order valence-corrected chi connectivity index (χ3v) is 5.33. The lowest BCUT2D eigenvalue weighted by Crippen LogP contribution is -2.39. The molecule has 2 fully saturated rings. The summed E-state index contributed by atoms with van der Waals surface area (Å²) in [6.45, 7) is 4.24. The second-order valence-corrected chi connectivity index (χ2v) is 6.53. The Bertz CT molecular complexity index is 492. The molecule has 2 N–H and O–H groups in total. The van der Waals surface area contributed by atoms with E-state index in [1.54, 1.807) is 7.11 Å². The van der Waals surface area contributed by atoms with E-state index in [-0.39, 0.29) is 5.41 Å². The number of hydrogen-bond donors (Lipinski definition) is 1. The molecule has 0 unspecified atom stereocenters. The molecule has 1 saturated heterocycles. The first-order chi connectivity index (χ1) is 10.8. The Morgan fingerprint density at radius 3 is 2.55 bits per heavy atom. The van der Waals surface area contributed by atoms with Crippen LogP contribution in [0.15, 0.2) is 18.2 Å². The molecule has 0 amide bonds. The predicted octanol–water partition coefficient (Wildman–Crippen LogP) is 2.69. The van der Waals surface area contributed by atoms with Crippen molar-refractivity contribution < 1.29 is 9.47 Å². The molecule has 1 aromatic rings. The molecule has 1 heterocycles. The van der Waals surface area contributed by atoms with Crippen LogP contribution < -0.4 is 15.4 Å². The van der Waals surface area contributed by atoms with Crippen molar-refractivity contribution in [3.05, 3.63) is 23.8 Å². The Balaban J connectivity index is 1.96. The van der Waals surface area contributed by atoms with Crippen molar-refractivity contribution in [3.63, 3.8) is 0 Å². The van der Waals surface area contributed by atoms with Gasteiger partial charge in [-0.2, -0.15) is 0 Å². The van der Waals surface area contributed by atoms with E-state index in [1.807, 2.05) is 0 Å². The van der Waals surface area contributed by atoms with E-state index in [9.17, 15) is 0 Å². The summed E-state index contributed by atoms with van der Waals surface area (Å²) in [5.41, 5.74) is 8.90. The van der Waals surface area contributed by atoms with Crippen LogP contribution in [0.5, 0.6) is 5.75 Å². The summed E-state index contributed by atoms with van der Waals surface area (Å²) >= 11 is 0. The summed E-state index contributed by atoms with van der Waals surface area (Å²) in [6.07, 6.45) is 6.20. The average molecular weight is 304 g/mol. The molecule has 122 valence electrons. The first-order valence-corrected chi connectivity index (χ1v) is 8.50. The van der Waals surface area contributed by atoms with Crippen molar-refractivity contribution in [3.8, 4) is 5.75 Å². The minimum absolute atomic E-state index is 0.0892. The minimum Gasteiger partial charge on any atom is -0.496 e. The van der Waals surface area contributed by atoms with Gasteiger partial charge in [-0.25, -0.2) is 0 Å². The quantitative estimate of drug-likeness (QED) is 0.929. The monoisotopic (exact) mass is 304 g/mol. The maximum absolute atomic E-state index is 6.23. The summed E-state index contributed by atoms with van der Waals surface area (Å²) in [6, 6.07) is 6.61. The number of anilines is 1. The van der Waals surface area contributed by atoms with Crippen LogP contribution in [0.25, 0.3) is 0 Å². The fourth-order valence-electron chi connectivity index (χ4n) is 3.94. The zero-order chi connectivity index (χ0) is 15.4. The van der Waals surface area contributed by atoms with Crippen molar-refractivity contribution in [1.29, 1.82) is 0 Å². The van der Waals surface area contributed by atoms with Crippen LogP contribution in [-0.2, 0) is 10.2 Å². The van der Waals surface area contributed by atoms with Gasteiger partial charge in [0.2, 0.25) is 0 Å². The van der Waals surface area contributed by atoms with Gasteiger partial charge in [0.05, 0.1) is 20.3 Å². The first-order valence-electron chi connectivity index (χ1n) is 8.50. The molecule has 1 aromatic carbocycles. The molecule has 0 atom stereocenters.